The molecule has 0 saturated heterocycles. The van der Waals surface area contributed by atoms with Gasteiger partial charge in [-0.25, -0.2) is 4.79 Å². The van der Waals surface area contributed by atoms with Gasteiger partial charge >= 0.3 is 5.97 Å². The SMILES string of the molecule is C[N+](C)(C)c1ccc([O-])c(C(=O)O)c1. The Kier molecular flexibility index (Phi) is 2.49. The second-order valence-electron chi connectivity index (χ2n) is 4.00. The first kappa shape index (κ1) is 10.5. The van der Waals surface area contributed by atoms with E-state index in [-0.39, 0.29) is 5.56 Å². The molecule has 0 aromatic heterocycles. The molecule has 0 amide bonds. The van der Waals surface area contributed by atoms with Crippen molar-refractivity contribution >= 4 is 11.7 Å². The summed E-state index contributed by atoms with van der Waals surface area (Å²) in [5, 5.41) is 19.9. The summed E-state index contributed by atoms with van der Waals surface area (Å²) in [6.07, 6.45) is 0. The lowest BCUT2D eigenvalue weighted by atomic mass is 10.1. The third-order valence-corrected chi connectivity index (χ3v) is 1.97. The molecular formula is C10H13NO3. The zero-order chi connectivity index (χ0) is 10.9. The van der Waals surface area contributed by atoms with Gasteiger partial charge in [0.15, 0.2) is 0 Å². The molecule has 1 aromatic rings. The first-order valence-corrected chi connectivity index (χ1v) is 4.19. The molecule has 0 spiro atoms. The van der Waals surface area contributed by atoms with E-state index in [0.29, 0.717) is 4.48 Å². The van der Waals surface area contributed by atoms with Crippen LogP contribution in [0.4, 0.5) is 5.69 Å². The minimum Gasteiger partial charge on any atom is -0.872 e. The van der Waals surface area contributed by atoms with Gasteiger partial charge in [0, 0.05) is 6.07 Å². The average Bonchev–Trinajstić information content (AvgIpc) is 2.02. The van der Waals surface area contributed by atoms with Crippen molar-refractivity contribution in [1.29, 1.82) is 0 Å². The second-order valence-corrected chi connectivity index (χ2v) is 4.00. The number of rotatable bonds is 2. The number of carboxylic acids is 1. The van der Waals surface area contributed by atoms with Crippen molar-refractivity contribution in [3.63, 3.8) is 0 Å². The van der Waals surface area contributed by atoms with E-state index < -0.39 is 11.7 Å². The second kappa shape index (κ2) is 3.31. The fraction of sp³-hybridized carbons (Fsp3) is 0.300. The van der Waals surface area contributed by atoms with Crippen LogP contribution in [0.25, 0.3) is 0 Å². The molecule has 0 aliphatic carbocycles. The molecule has 0 atom stereocenters. The van der Waals surface area contributed by atoms with Crippen LogP contribution in [0.15, 0.2) is 18.2 Å². The summed E-state index contributed by atoms with van der Waals surface area (Å²) in [5.41, 5.74) is 0.623. The minimum absolute atomic E-state index is 0.171. The summed E-state index contributed by atoms with van der Waals surface area (Å²) in [5.74, 6) is -1.62. The largest absolute Gasteiger partial charge is 0.872 e. The van der Waals surface area contributed by atoms with E-state index in [1.54, 1.807) is 6.07 Å². The lowest BCUT2D eigenvalue weighted by Gasteiger charge is -2.24. The molecule has 4 heteroatoms. The van der Waals surface area contributed by atoms with E-state index >= 15 is 0 Å². The van der Waals surface area contributed by atoms with Crippen molar-refractivity contribution in [1.82, 2.24) is 4.48 Å². The molecule has 1 rings (SSSR count). The van der Waals surface area contributed by atoms with E-state index in [1.807, 2.05) is 21.1 Å². The molecule has 1 aromatic carbocycles. The summed E-state index contributed by atoms with van der Waals surface area (Å²) in [4.78, 5) is 10.7. The summed E-state index contributed by atoms with van der Waals surface area (Å²) in [6.45, 7) is 0. The smallest absolute Gasteiger partial charge is 0.335 e. The Morgan fingerprint density at radius 1 is 1.36 bits per heavy atom. The van der Waals surface area contributed by atoms with Crippen LogP contribution in [-0.2, 0) is 0 Å². The third-order valence-electron chi connectivity index (χ3n) is 1.97. The van der Waals surface area contributed by atoms with Gasteiger partial charge in [0.2, 0.25) is 0 Å². The molecule has 0 unspecified atom stereocenters. The van der Waals surface area contributed by atoms with Crippen LogP contribution in [-0.4, -0.2) is 32.2 Å². The first-order chi connectivity index (χ1) is 6.32. The lowest BCUT2D eigenvalue weighted by molar-refractivity contribution is -0.268. The fourth-order valence-electron chi connectivity index (χ4n) is 1.10. The standard InChI is InChI=1S/C10H13NO3/c1-11(2,3)7-4-5-9(12)8(6-7)10(13)14/h4-6H,1-3H3,(H-,12,13,14). The van der Waals surface area contributed by atoms with Crippen molar-refractivity contribution in [3.05, 3.63) is 23.8 Å². The van der Waals surface area contributed by atoms with Crippen LogP contribution in [0.3, 0.4) is 0 Å². The Bertz CT molecular complexity index is 366. The van der Waals surface area contributed by atoms with Gasteiger partial charge in [-0.3, -0.25) is 4.48 Å². The molecule has 0 radical (unpaired) electrons. The third kappa shape index (κ3) is 2.03. The molecular weight excluding hydrogens is 182 g/mol. The maximum atomic E-state index is 11.2. The number of carbonyl (C=O) groups is 1. The summed E-state index contributed by atoms with van der Waals surface area (Å²) >= 11 is 0. The molecule has 4 nitrogen and oxygen atoms in total. The van der Waals surface area contributed by atoms with Crippen molar-refractivity contribution in [2.75, 3.05) is 21.1 Å². The van der Waals surface area contributed by atoms with Crippen LogP contribution in [0.5, 0.6) is 5.75 Å². The number of nitrogens with zero attached hydrogens (tertiary/aromatic N) is 1. The Hall–Kier alpha value is -1.55. The van der Waals surface area contributed by atoms with E-state index in [9.17, 15) is 9.90 Å². The Morgan fingerprint density at radius 3 is 2.36 bits per heavy atom. The summed E-state index contributed by atoms with van der Waals surface area (Å²) in [7, 11) is 5.72. The van der Waals surface area contributed by atoms with Gasteiger partial charge in [-0.05, 0) is 6.07 Å². The highest BCUT2D eigenvalue weighted by molar-refractivity contribution is 5.91. The van der Waals surface area contributed by atoms with Crippen LogP contribution < -0.4 is 9.59 Å². The molecule has 0 saturated carbocycles. The molecule has 0 aliphatic heterocycles. The average molecular weight is 195 g/mol. The fourth-order valence-corrected chi connectivity index (χ4v) is 1.10. The van der Waals surface area contributed by atoms with Gasteiger partial charge in [-0.1, -0.05) is 11.8 Å². The number of aromatic carboxylic acids is 1. The van der Waals surface area contributed by atoms with Crippen LogP contribution in [0, 0.1) is 0 Å². The van der Waals surface area contributed by atoms with E-state index in [4.69, 9.17) is 5.11 Å². The van der Waals surface area contributed by atoms with Gasteiger partial charge < -0.3 is 10.2 Å². The molecule has 0 heterocycles. The van der Waals surface area contributed by atoms with E-state index in [2.05, 4.69) is 0 Å². The number of hydrogen-bond acceptors (Lipinski definition) is 2. The quantitative estimate of drug-likeness (QED) is 0.705. The molecule has 14 heavy (non-hydrogen) atoms. The number of benzene rings is 1. The van der Waals surface area contributed by atoms with Gasteiger partial charge in [-0.15, -0.1) is 0 Å². The van der Waals surface area contributed by atoms with Gasteiger partial charge in [-0.2, -0.15) is 0 Å². The molecule has 76 valence electrons. The maximum Gasteiger partial charge on any atom is 0.335 e. The zero-order valence-corrected chi connectivity index (χ0v) is 8.44. The predicted molar refractivity (Wildman–Crippen MR) is 52.4 cm³/mol. The van der Waals surface area contributed by atoms with Crippen molar-refractivity contribution in [2.45, 2.75) is 0 Å². The Labute approximate surface area is 82.6 Å². The van der Waals surface area contributed by atoms with Crippen LogP contribution >= 0.6 is 0 Å². The zero-order valence-electron chi connectivity index (χ0n) is 8.44. The van der Waals surface area contributed by atoms with Crippen LogP contribution in [0.1, 0.15) is 10.4 Å². The van der Waals surface area contributed by atoms with Gasteiger partial charge in [0.1, 0.15) is 5.69 Å². The molecule has 1 N–H and O–H groups in total. The maximum absolute atomic E-state index is 11.2. The Balaban J connectivity index is 3.27. The minimum atomic E-state index is -1.18. The van der Waals surface area contributed by atoms with Gasteiger partial charge in [0.25, 0.3) is 0 Å². The normalized spacial score (nSPS) is 11.4. The molecule has 0 fully saturated rings. The number of hydrogen-bond donors (Lipinski definition) is 1. The topological polar surface area (TPSA) is 60.4 Å². The van der Waals surface area contributed by atoms with E-state index in [0.717, 1.165) is 5.69 Å². The lowest BCUT2D eigenvalue weighted by Crippen LogP contribution is -2.34. The molecule has 0 aliphatic rings. The van der Waals surface area contributed by atoms with Crippen LogP contribution in [0.2, 0.25) is 0 Å². The highest BCUT2D eigenvalue weighted by Crippen LogP contribution is 2.23. The summed E-state index contributed by atoms with van der Waals surface area (Å²) in [6, 6.07) is 4.36. The monoisotopic (exact) mass is 195 g/mol. The highest BCUT2D eigenvalue weighted by atomic mass is 16.4. The predicted octanol–water partition coefficient (Wildman–Crippen LogP) is 0.655. The van der Waals surface area contributed by atoms with Crippen molar-refractivity contribution < 1.29 is 15.0 Å². The number of carboxylic acid groups (broad SMARTS) is 1. The van der Waals surface area contributed by atoms with Crippen molar-refractivity contribution in [2.24, 2.45) is 0 Å². The highest BCUT2D eigenvalue weighted by Gasteiger charge is 2.14. The number of quaternary nitrogens is 1. The first-order valence-electron chi connectivity index (χ1n) is 4.19. The van der Waals surface area contributed by atoms with E-state index in [1.165, 1.54) is 12.1 Å². The summed E-state index contributed by atoms with van der Waals surface area (Å²) < 4.78 is 0.487. The Morgan fingerprint density at radius 2 is 1.93 bits per heavy atom. The molecule has 0 bridgehead atoms. The van der Waals surface area contributed by atoms with Crippen molar-refractivity contribution in [3.8, 4) is 5.75 Å². The van der Waals surface area contributed by atoms with Gasteiger partial charge in [0.05, 0.1) is 26.7 Å².